The molecular formula is C8H16O2. The van der Waals surface area contributed by atoms with E-state index in [0.29, 0.717) is 6.10 Å². The van der Waals surface area contributed by atoms with E-state index in [4.69, 9.17) is 4.74 Å². The van der Waals surface area contributed by atoms with E-state index >= 15 is 0 Å². The molecule has 10 heavy (non-hydrogen) atoms. The number of methoxy groups -OCH3 is 1. The summed E-state index contributed by atoms with van der Waals surface area (Å²) in [4.78, 5) is 0. The number of hydrogen-bond acceptors (Lipinski definition) is 2. The quantitative estimate of drug-likeness (QED) is 0.562. The third-order valence-electron chi connectivity index (χ3n) is 2.18. The Bertz CT molecular complexity index is 93.3. The highest BCUT2D eigenvalue weighted by molar-refractivity contribution is 4.69. The molecule has 0 heterocycles. The van der Waals surface area contributed by atoms with Crippen molar-refractivity contribution in [3.63, 3.8) is 0 Å². The minimum atomic E-state index is -0.118. The molecule has 0 aliphatic heterocycles. The SMILES string of the molecule is COC1CCCCC(O)C1. The van der Waals surface area contributed by atoms with Gasteiger partial charge in [-0.2, -0.15) is 0 Å². The van der Waals surface area contributed by atoms with Crippen molar-refractivity contribution in [2.24, 2.45) is 0 Å². The Hall–Kier alpha value is -0.0800. The molecule has 1 rings (SSSR count). The Morgan fingerprint density at radius 1 is 1.30 bits per heavy atom. The monoisotopic (exact) mass is 144 g/mol. The lowest BCUT2D eigenvalue weighted by atomic mass is 10.1. The van der Waals surface area contributed by atoms with Gasteiger partial charge in [0.05, 0.1) is 12.2 Å². The number of hydrogen-bond donors (Lipinski definition) is 1. The lowest BCUT2D eigenvalue weighted by molar-refractivity contribution is 0.0485. The number of aliphatic hydroxyl groups is 1. The van der Waals surface area contributed by atoms with Gasteiger partial charge >= 0.3 is 0 Å². The van der Waals surface area contributed by atoms with Crippen LogP contribution in [-0.2, 0) is 4.74 Å². The zero-order valence-electron chi connectivity index (χ0n) is 6.55. The third-order valence-corrected chi connectivity index (χ3v) is 2.18. The van der Waals surface area contributed by atoms with Gasteiger partial charge < -0.3 is 9.84 Å². The van der Waals surface area contributed by atoms with E-state index in [0.717, 1.165) is 25.7 Å². The average Bonchev–Trinajstić information content (AvgIpc) is 2.13. The fraction of sp³-hybridized carbons (Fsp3) is 1.00. The van der Waals surface area contributed by atoms with Crippen molar-refractivity contribution in [1.82, 2.24) is 0 Å². The number of rotatable bonds is 1. The van der Waals surface area contributed by atoms with Crippen molar-refractivity contribution in [3.8, 4) is 0 Å². The van der Waals surface area contributed by atoms with Gasteiger partial charge in [0.25, 0.3) is 0 Å². The maximum absolute atomic E-state index is 9.31. The summed E-state index contributed by atoms with van der Waals surface area (Å²) in [6.45, 7) is 0. The minimum Gasteiger partial charge on any atom is -0.393 e. The van der Waals surface area contributed by atoms with Gasteiger partial charge in [-0.05, 0) is 19.3 Å². The highest BCUT2D eigenvalue weighted by atomic mass is 16.5. The Morgan fingerprint density at radius 2 is 2.00 bits per heavy atom. The summed E-state index contributed by atoms with van der Waals surface area (Å²) in [6.07, 6.45) is 5.45. The van der Waals surface area contributed by atoms with Gasteiger partial charge in [-0.1, -0.05) is 12.8 Å². The van der Waals surface area contributed by atoms with Crippen molar-refractivity contribution >= 4 is 0 Å². The van der Waals surface area contributed by atoms with Gasteiger partial charge in [0.2, 0.25) is 0 Å². The van der Waals surface area contributed by atoms with Crippen LogP contribution in [-0.4, -0.2) is 24.4 Å². The average molecular weight is 144 g/mol. The Kier molecular flexibility index (Phi) is 3.16. The lowest BCUT2D eigenvalue weighted by Crippen LogP contribution is -2.16. The molecule has 1 fully saturated rings. The van der Waals surface area contributed by atoms with Crippen LogP contribution in [0.1, 0.15) is 32.1 Å². The topological polar surface area (TPSA) is 29.5 Å². The molecule has 2 heteroatoms. The molecule has 1 N–H and O–H groups in total. The van der Waals surface area contributed by atoms with E-state index in [-0.39, 0.29) is 6.10 Å². The smallest absolute Gasteiger partial charge is 0.0596 e. The molecule has 0 spiro atoms. The predicted molar refractivity (Wildman–Crippen MR) is 39.9 cm³/mol. The molecule has 0 saturated heterocycles. The van der Waals surface area contributed by atoms with Crippen molar-refractivity contribution in [2.45, 2.75) is 44.3 Å². The Labute approximate surface area is 62.2 Å². The summed E-state index contributed by atoms with van der Waals surface area (Å²) in [7, 11) is 1.72. The Balaban J connectivity index is 2.30. The molecule has 0 amide bonds. The molecule has 0 aromatic carbocycles. The van der Waals surface area contributed by atoms with Crippen LogP contribution in [0.15, 0.2) is 0 Å². The van der Waals surface area contributed by atoms with Crippen LogP contribution in [0.25, 0.3) is 0 Å². The summed E-state index contributed by atoms with van der Waals surface area (Å²) in [5.74, 6) is 0. The maximum Gasteiger partial charge on any atom is 0.0596 e. The summed E-state index contributed by atoms with van der Waals surface area (Å²) in [6, 6.07) is 0. The maximum atomic E-state index is 9.31. The van der Waals surface area contributed by atoms with Crippen LogP contribution in [0.5, 0.6) is 0 Å². The molecule has 0 aromatic heterocycles. The molecule has 1 aliphatic carbocycles. The summed E-state index contributed by atoms with van der Waals surface area (Å²) in [5, 5.41) is 9.31. The Morgan fingerprint density at radius 3 is 2.70 bits per heavy atom. The molecule has 0 bridgehead atoms. The standard InChI is InChI=1S/C8H16O2/c1-10-8-5-3-2-4-7(9)6-8/h7-9H,2-6H2,1H3. The van der Waals surface area contributed by atoms with Crippen LogP contribution < -0.4 is 0 Å². The van der Waals surface area contributed by atoms with Gasteiger partial charge in [0.15, 0.2) is 0 Å². The molecule has 2 atom stereocenters. The predicted octanol–water partition coefficient (Wildman–Crippen LogP) is 1.33. The molecule has 0 radical (unpaired) electrons. The molecule has 2 nitrogen and oxygen atoms in total. The number of aliphatic hydroxyl groups excluding tert-OH is 1. The summed E-state index contributed by atoms with van der Waals surface area (Å²) < 4.78 is 5.18. The molecule has 1 saturated carbocycles. The first-order chi connectivity index (χ1) is 4.83. The first-order valence-corrected chi connectivity index (χ1v) is 4.04. The molecule has 1 aliphatic rings. The fourth-order valence-corrected chi connectivity index (χ4v) is 1.51. The minimum absolute atomic E-state index is 0.118. The van der Waals surface area contributed by atoms with Crippen molar-refractivity contribution in [1.29, 1.82) is 0 Å². The van der Waals surface area contributed by atoms with Crippen LogP contribution in [0, 0.1) is 0 Å². The highest BCUT2D eigenvalue weighted by Gasteiger charge is 2.16. The van der Waals surface area contributed by atoms with Gasteiger partial charge in [-0.15, -0.1) is 0 Å². The van der Waals surface area contributed by atoms with Crippen molar-refractivity contribution < 1.29 is 9.84 Å². The molecule has 0 aromatic rings. The molecular weight excluding hydrogens is 128 g/mol. The number of ether oxygens (including phenoxy) is 1. The zero-order chi connectivity index (χ0) is 7.40. The largest absolute Gasteiger partial charge is 0.393 e. The fourth-order valence-electron chi connectivity index (χ4n) is 1.51. The van der Waals surface area contributed by atoms with Crippen LogP contribution in [0.2, 0.25) is 0 Å². The van der Waals surface area contributed by atoms with E-state index < -0.39 is 0 Å². The van der Waals surface area contributed by atoms with Gasteiger partial charge in [0, 0.05) is 7.11 Å². The zero-order valence-corrected chi connectivity index (χ0v) is 6.55. The van der Waals surface area contributed by atoms with Crippen molar-refractivity contribution in [3.05, 3.63) is 0 Å². The normalized spacial score (nSPS) is 35.4. The van der Waals surface area contributed by atoms with Gasteiger partial charge in [0.1, 0.15) is 0 Å². The summed E-state index contributed by atoms with van der Waals surface area (Å²) in [5.41, 5.74) is 0. The highest BCUT2D eigenvalue weighted by Crippen LogP contribution is 2.19. The lowest BCUT2D eigenvalue weighted by Gasteiger charge is -2.13. The first-order valence-electron chi connectivity index (χ1n) is 4.04. The van der Waals surface area contributed by atoms with Crippen molar-refractivity contribution in [2.75, 3.05) is 7.11 Å². The second-order valence-electron chi connectivity index (χ2n) is 3.03. The second kappa shape index (κ2) is 3.94. The molecule has 2 unspecified atom stereocenters. The van der Waals surface area contributed by atoms with Gasteiger partial charge in [-0.3, -0.25) is 0 Å². The van der Waals surface area contributed by atoms with E-state index in [1.807, 2.05) is 0 Å². The third kappa shape index (κ3) is 2.27. The van der Waals surface area contributed by atoms with Crippen LogP contribution in [0.4, 0.5) is 0 Å². The van der Waals surface area contributed by atoms with Crippen LogP contribution >= 0.6 is 0 Å². The summed E-state index contributed by atoms with van der Waals surface area (Å²) >= 11 is 0. The van der Waals surface area contributed by atoms with E-state index in [1.54, 1.807) is 7.11 Å². The van der Waals surface area contributed by atoms with E-state index in [1.165, 1.54) is 6.42 Å². The van der Waals surface area contributed by atoms with Crippen LogP contribution in [0.3, 0.4) is 0 Å². The molecule has 60 valence electrons. The van der Waals surface area contributed by atoms with Gasteiger partial charge in [-0.25, -0.2) is 0 Å². The van der Waals surface area contributed by atoms with E-state index in [9.17, 15) is 5.11 Å². The second-order valence-corrected chi connectivity index (χ2v) is 3.03. The van der Waals surface area contributed by atoms with E-state index in [2.05, 4.69) is 0 Å². The first kappa shape index (κ1) is 8.02.